The van der Waals surface area contributed by atoms with E-state index in [0.29, 0.717) is 17.5 Å². The summed E-state index contributed by atoms with van der Waals surface area (Å²) in [6, 6.07) is 9.07. The molecular formula is C17H15N3O2. The molecule has 0 unspecified atom stereocenters. The lowest BCUT2D eigenvalue weighted by atomic mass is 9.64. The minimum Gasteiger partial charge on any atom is -0.245 e. The van der Waals surface area contributed by atoms with E-state index in [-0.39, 0.29) is 23.5 Å². The summed E-state index contributed by atoms with van der Waals surface area (Å²) < 4.78 is 4.58. The zero-order chi connectivity index (χ0) is 15.0. The molecular weight excluding hydrogens is 278 g/mol. The molecule has 2 aliphatic heterocycles. The van der Waals surface area contributed by atoms with Crippen molar-refractivity contribution in [1.29, 1.82) is 0 Å². The summed E-state index contributed by atoms with van der Waals surface area (Å²) in [4.78, 5) is 25.7. The van der Waals surface area contributed by atoms with Gasteiger partial charge in [0.05, 0.1) is 17.8 Å². The maximum atomic E-state index is 12.9. The Hall–Kier alpha value is -2.56. The number of hydrogen-bond acceptors (Lipinski definition) is 2. The van der Waals surface area contributed by atoms with Crippen molar-refractivity contribution < 1.29 is 0 Å². The van der Waals surface area contributed by atoms with Crippen molar-refractivity contribution in [3.05, 3.63) is 75.1 Å². The molecule has 1 aromatic heterocycles. The maximum absolute atomic E-state index is 12.9. The maximum Gasteiger partial charge on any atom is 0.352 e. The van der Waals surface area contributed by atoms with E-state index in [1.807, 2.05) is 18.2 Å². The van der Waals surface area contributed by atoms with Gasteiger partial charge >= 0.3 is 11.4 Å². The van der Waals surface area contributed by atoms with Crippen LogP contribution < -0.4 is 11.4 Å². The molecule has 0 amide bonds. The average Bonchev–Trinajstić information content (AvgIpc) is 2.80. The standard InChI is InChI=1S/C17H15N3O2/c1-10-9-12-13-7-8-14(15(10)12)20-17(22)18(16(21)19(13)20)11-5-3-2-4-6-11/h2-9,12-15H,1H3/t12-,13+,14+,15-/m0/s1. The summed E-state index contributed by atoms with van der Waals surface area (Å²) in [6.07, 6.45) is 6.38. The first-order valence-electron chi connectivity index (χ1n) is 7.56. The average molecular weight is 293 g/mol. The van der Waals surface area contributed by atoms with Crippen molar-refractivity contribution in [3.8, 4) is 5.69 Å². The summed E-state index contributed by atoms with van der Waals surface area (Å²) in [5, 5.41) is 0. The van der Waals surface area contributed by atoms with Gasteiger partial charge in [-0.05, 0) is 19.1 Å². The minimum absolute atomic E-state index is 0.0369. The normalized spacial score (nSPS) is 30.5. The summed E-state index contributed by atoms with van der Waals surface area (Å²) >= 11 is 0. The highest BCUT2D eigenvalue weighted by molar-refractivity contribution is 5.35. The number of hydrogen-bond donors (Lipinski definition) is 0. The highest BCUT2D eigenvalue weighted by Gasteiger charge is 2.50. The molecule has 0 saturated heterocycles. The first-order chi connectivity index (χ1) is 10.7. The summed E-state index contributed by atoms with van der Waals surface area (Å²) in [5.41, 5.74) is 1.46. The molecule has 0 saturated carbocycles. The Morgan fingerprint density at radius 3 is 2.23 bits per heavy atom. The van der Waals surface area contributed by atoms with Crippen molar-refractivity contribution in [1.82, 2.24) is 13.9 Å². The zero-order valence-electron chi connectivity index (χ0n) is 12.1. The number of allylic oxidation sites excluding steroid dienone is 4. The second kappa shape index (κ2) is 3.80. The first-order valence-corrected chi connectivity index (χ1v) is 7.56. The van der Waals surface area contributed by atoms with Crippen molar-refractivity contribution in [2.24, 2.45) is 11.8 Å². The Balaban J connectivity index is 1.80. The third-order valence-electron chi connectivity index (χ3n) is 5.25. The molecule has 0 fully saturated rings. The van der Waals surface area contributed by atoms with E-state index in [4.69, 9.17) is 0 Å². The molecule has 5 nitrogen and oxygen atoms in total. The van der Waals surface area contributed by atoms with E-state index in [1.165, 1.54) is 10.1 Å². The molecule has 4 atom stereocenters. The molecule has 22 heavy (non-hydrogen) atoms. The van der Waals surface area contributed by atoms with Crippen LogP contribution in [0.4, 0.5) is 0 Å². The number of nitrogens with zero attached hydrogens (tertiary/aromatic N) is 3. The molecule has 3 heterocycles. The quantitative estimate of drug-likeness (QED) is 0.751. The van der Waals surface area contributed by atoms with Crippen LogP contribution in [0.15, 0.2) is 63.7 Å². The van der Waals surface area contributed by atoms with Crippen molar-refractivity contribution in [2.45, 2.75) is 19.0 Å². The minimum atomic E-state index is -0.244. The van der Waals surface area contributed by atoms with Gasteiger partial charge in [0.1, 0.15) is 0 Å². The molecule has 2 bridgehead atoms. The molecule has 1 aromatic carbocycles. The van der Waals surface area contributed by atoms with E-state index in [0.717, 1.165) is 0 Å². The molecule has 0 radical (unpaired) electrons. The second-order valence-electron chi connectivity index (χ2n) is 6.31. The summed E-state index contributed by atoms with van der Waals surface area (Å²) in [5.74, 6) is 0.706. The molecule has 110 valence electrons. The Kier molecular flexibility index (Phi) is 2.08. The number of benzene rings is 1. The smallest absolute Gasteiger partial charge is 0.245 e. The van der Waals surface area contributed by atoms with Crippen LogP contribution in [-0.2, 0) is 0 Å². The van der Waals surface area contributed by atoms with Gasteiger partial charge in [-0.1, -0.05) is 42.0 Å². The highest BCUT2D eigenvalue weighted by atomic mass is 16.2. The van der Waals surface area contributed by atoms with Crippen LogP contribution in [0.1, 0.15) is 19.0 Å². The highest BCUT2D eigenvalue weighted by Crippen LogP contribution is 2.53. The van der Waals surface area contributed by atoms with E-state index < -0.39 is 0 Å². The Labute approximate surface area is 126 Å². The van der Waals surface area contributed by atoms with Gasteiger partial charge in [-0.3, -0.25) is 0 Å². The van der Waals surface area contributed by atoms with Gasteiger partial charge in [-0.15, -0.1) is 0 Å². The van der Waals surface area contributed by atoms with Crippen LogP contribution in [0.5, 0.6) is 0 Å². The molecule has 5 heteroatoms. The summed E-state index contributed by atoms with van der Waals surface area (Å²) in [7, 11) is 0. The predicted octanol–water partition coefficient (Wildman–Crippen LogP) is 1.66. The fourth-order valence-corrected chi connectivity index (χ4v) is 4.28. The Morgan fingerprint density at radius 2 is 1.55 bits per heavy atom. The number of rotatable bonds is 1. The Bertz CT molecular complexity index is 958. The van der Waals surface area contributed by atoms with Crippen LogP contribution in [0.3, 0.4) is 0 Å². The molecule has 0 spiro atoms. The summed E-state index contributed by atoms with van der Waals surface area (Å²) in [6.45, 7) is 2.11. The van der Waals surface area contributed by atoms with E-state index >= 15 is 0 Å². The zero-order valence-corrected chi connectivity index (χ0v) is 12.1. The van der Waals surface area contributed by atoms with E-state index in [1.54, 1.807) is 21.5 Å². The van der Waals surface area contributed by atoms with Crippen molar-refractivity contribution in [2.75, 3.05) is 0 Å². The predicted molar refractivity (Wildman–Crippen MR) is 82.2 cm³/mol. The third kappa shape index (κ3) is 1.21. The lowest BCUT2D eigenvalue weighted by molar-refractivity contribution is 0.126. The first kappa shape index (κ1) is 12.0. The van der Waals surface area contributed by atoms with E-state index in [9.17, 15) is 9.59 Å². The molecule has 4 aliphatic rings. The number of aromatic nitrogens is 3. The largest absolute Gasteiger partial charge is 0.352 e. The fraction of sp³-hybridized carbons (Fsp3) is 0.294. The topological polar surface area (TPSA) is 48.9 Å². The Morgan fingerprint density at radius 1 is 0.909 bits per heavy atom. The van der Waals surface area contributed by atoms with Crippen LogP contribution >= 0.6 is 0 Å². The van der Waals surface area contributed by atoms with E-state index in [2.05, 4.69) is 25.2 Å². The van der Waals surface area contributed by atoms with Gasteiger partial charge in [-0.25, -0.2) is 23.5 Å². The van der Waals surface area contributed by atoms with Crippen molar-refractivity contribution in [3.63, 3.8) is 0 Å². The van der Waals surface area contributed by atoms with Gasteiger partial charge in [0.15, 0.2) is 0 Å². The monoisotopic (exact) mass is 293 g/mol. The van der Waals surface area contributed by atoms with Gasteiger partial charge in [0.2, 0.25) is 0 Å². The van der Waals surface area contributed by atoms with Crippen LogP contribution in [0.2, 0.25) is 0 Å². The van der Waals surface area contributed by atoms with Gasteiger partial charge in [0.25, 0.3) is 0 Å². The third-order valence-corrected chi connectivity index (χ3v) is 5.25. The fourth-order valence-electron chi connectivity index (χ4n) is 4.28. The molecule has 6 rings (SSSR count). The SMILES string of the molecule is CC1=C[C@@H]2[C@H]1[C@H]1C=C[C@H]2n2c(=O)n(-c3ccccc3)c(=O)n21. The van der Waals surface area contributed by atoms with Crippen LogP contribution in [0, 0.1) is 11.8 Å². The number of para-hydroxylation sites is 1. The molecule has 0 N–H and O–H groups in total. The van der Waals surface area contributed by atoms with Crippen molar-refractivity contribution >= 4 is 0 Å². The second-order valence-corrected chi connectivity index (χ2v) is 6.31. The molecule has 2 aromatic rings. The van der Waals surface area contributed by atoms with Crippen LogP contribution in [0.25, 0.3) is 5.69 Å². The van der Waals surface area contributed by atoms with Gasteiger partial charge in [-0.2, -0.15) is 0 Å². The van der Waals surface area contributed by atoms with Gasteiger partial charge < -0.3 is 0 Å². The van der Waals surface area contributed by atoms with Gasteiger partial charge in [0, 0.05) is 11.8 Å². The molecule has 2 aliphatic carbocycles. The lowest BCUT2D eigenvalue weighted by Crippen LogP contribution is -2.51. The van der Waals surface area contributed by atoms with Crippen LogP contribution in [-0.4, -0.2) is 13.9 Å². The lowest BCUT2D eigenvalue weighted by Gasteiger charge is -2.50.